The van der Waals surface area contributed by atoms with Gasteiger partial charge < -0.3 is 14.4 Å². The molecular formula is C22H27FN2O3. The zero-order valence-electron chi connectivity index (χ0n) is 16.7. The van der Waals surface area contributed by atoms with Crippen LogP contribution < -0.4 is 9.47 Å². The Labute approximate surface area is 165 Å². The summed E-state index contributed by atoms with van der Waals surface area (Å²) in [5, 5.41) is 0. The Kier molecular flexibility index (Phi) is 6.52. The molecule has 1 saturated heterocycles. The third kappa shape index (κ3) is 5.01. The van der Waals surface area contributed by atoms with Crippen molar-refractivity contribution in [2.75, 3.05) is 39.9 Å². The Morgan fingerprint density at radius 2 is 1.79 bits per heavy atom. The van der Waals surface area contributed by atoms with Gasteiger partial charge in [0, 0.05) is 38.3 Å². The van der Waals surface area contributed by atoms with Gasteiger partial charge in [-0.05, 0) is 55.3 Å². The Morgan fingerprint density at radius 1 is 1.04 bits per heavy atom. The monoisotopic (exact) mass is 386 g/mol. The van der Waals surface area contributed by atoms with E-state index in [2.05, 4.69) is 4.90 Å². The first-order valence-corrected chi connectivity index (χ1v) is 9.49. The number of methoxy groups -OCH3 is 1. The lowest BCUT2D eigenvalue weighted by molar-refractivity contribution is -0.135. The van der Waals surface area contributed by atoms with Crippen LogP contribution in [0.2, 0.25) is 0 Å². The third-order valence-electron chi connectivity index (χ3n) is 5.20. The number of aryl methyl sites for hydroxylation is 2. The van der Waals surface area contributed by atoms with Crippen LogP contribution in [0.15, 0.2) is 36.4 Å². The summed E-state index contributed by atoms with van der Waals surface area (Å²) in [4.78, 5) is 16.5. The van der Waals surface area contributed by atoms with Gasteiger partial charge in [-0.3, -0.25) is 9.69 Å². The zero-order chi connectivity index (χ0) is 20.1. The predicted molar refractivity (Wildman–Crippen MR) is 106 cm³/mol. The highest BCUT2D eigenvalue weighted by Gasteiger charge is 2.22. The SMILES string of the molecule is COc1ccc(F)cc1CN1CCN(C(=O)COc2ccc(C)c(C)c2)CC1. The van der Waals surface area contributed by atoms with Crippen LogP contribution in [0.5, 0.6) is 11.5 Å². The fraction of sp³-hybridized carbons (Fsp3) is 0.409. The minimum absolute atomic E-state index is 0.0128. The van der Waals surface area contributed by atoms with E-state index >= 15 is 0 Å². The van der Waals surface area contributed by atoms with Crippen molar-refractivity contribution in [2.24, 2.45) is 0 Å². The van der Waals surface area contributed by atoms with Gasteiger partial charge in [-0.2, -0.15) is 0 Å². The maximum atomic E-state index is 13.5. The van der Waals surface area contributed by atoms with Crippen LogP contribution in [0, 0.1) is 19.7 Å². The van der Waals surface area contributed by atoms with E-state index in [0.29, 0.717) is 31.1 Å². The Bertz CT molecular complexity index is 833. The average Bonchev–Trinajstić information content (AvgIpc) is 2.69. The molecule has 2 aromatic carbocycles. The van der Waals surface area contributed by atoms with E-state index in [1.54, 1.807) is 13.2 Å². The minimum atomic E-state index is -0.270. The number of benzene rings is 2. The van der Waals surface area contributed by atoms with E-state index in [4.69, 9.17) is 9.47 Å². The first kappa shape index (κ1) is 20.1. The molecule has 1 fully saturated rings. The number of carbonyl (C=O) groups excluding carboxylic acids is 1. The Balaban J connectivity index is 1.48. The molecule has 1 heterocycles. The van der Waals surface area contributed by atoms with E-state index in [1.807, 2.05) is 36.9 Å². The highest BCUT2D eigenvalue weighted by molar-refractivity contribution is 5.77. The molecule has 1 aliphatic rings. The van der Waals surface area contributed by atoms with Crippen LogP contribution >= 0.6 is 0 Å². The summed E-state index contributed by atoms with van der Waals surface area (Å²) in [5.41, 5.74) is 3.16. The van der Waals surface area contributed by atoms with Crippen LogP contribution in [0.25, 0.3) is 0 Å². The largest absolute Gasteiger partial charge is 0.496 e. The Morgan fingerprint density at radius 3 is 2.46 bits per heavy atom. The Hall–Kier alpha value is -2.60. The summed E-state index contributed by atoms with van der Waals surface area (Å²) in [6.07, 6.45) is 0. The molecule has 3 rings (SSSR count). The molecule has 0 spiro atoms. The molecule has 0 unspecified atom stereocenters. The molecule has 6 heteroatoms. The molecule has 150 valence electrons. The molecule has 0 aliphatic carbocycles. The predicted octanol–water partition coefficient (Wildman–Crippen LogP) is 3.17. The molecule has 0 atom stereocenters. The normalized spacial score (nSPS) is 14.8. The fourth-order valence-electron chi connectivity index (χ4n) is 3.31. The van der Waals surface area contributed by atoms with Crippen LogP contribution in [-0.4, -0.2) is 55.6 Å². The number of hydrogen-bond donors (Lipinski definition) is 0. The molecule has 28 heavy (non-hydrogen) atoms. The summed E-state index contributed by atoms with van der Waals surface area (Å²) in [5.74, 6) is 1.12. The molecule has 0 aromatic heterocycles. The zero-order valence-corrected chi connectivity index (χ0v) is 16.7. The molecule has 0 N–H and O–H groups in total. The summed E-state index contributed by atoms with van der Waals surface area (Å²) >= 11 is 0. The summed E-state index contributed by atoms with van der Waals surface area (Å²) in [6.45, 7) is 7.44. The van der Waals surface area contributed by atoms with Crippen molar-refractivity contribution in [3.8, 4) is 11.5 Å². The summed E-state index contributed by atoms with van der Waals surface area (Å²) < 4.78 is 24.5. The lowest BCUT2D eigenvalue weighted by atomic mass is 10.1. The topological polar surface area (TPSA) is 42.0 Å². The number of hydrogen-bond acceptors (Lipinski definition) is 4. The van der Waals surface area contributed by atoms with Crippen molar-refractivity contribution in [2.45, 2.75) is 20.4 Å². The number of ether oxygens (including phenoxy) is 2. The second-order valence-corrected chi connectivity index (χ2v) is 7.15. The summed E-state index contributed by atoms with van der Waals surface area (Å²) in [6, 6.07) is 10.4. The number of carbonyl (C=O) groups is 1. The van der Waals surface area contributed by atoms with Gasteiger partial charge in [-0.25, -0.2) is 4.39 Å². The third-order valence-corrected chi connectivity index (χ3v) is 5.20. The van der Waals surface area contributed by atoms with Crippen molar-refractivity contribution >= 4 is 5.91 Å². The van der Waals surface area contributed by atoms with Gasteiger partial charge in [0.15, 0.2) is 6.61 Å². The van der Waals surface area contributed by atoms with Gasteiger partial charge >= 0.3 is 0 Å². The van der Waals surface area contributed by atoms with Crippen LogP contribution in [0.3, 0.4) is 0 Å². The van der Waals surface area contributed by atoms with Crippen molar-refractivity contribution in [3.63, 3.8) is 0 Å². The fourth-order valence-corrected chi connectivity index (χ4v) is 3.31. The van der Waals surface area contributed by atoms with Crippen LogP contribution in [-0.2, 0) is 11.3 Å². The van der Waals surface area contributed by atoms with Gasteiger partial charge in [-0.1, -0.05) is 6.07 Å². The van der Waals surface area contributed by atoms with Gasteiger partial charge in [0.05, 0.1) is 7.11 Å². The maximum Gasteiger partial charge on any atom is 0.260 e. The first-order chi connectivity index (χ1) is 13.5. The lowest BCUT2D eigenvalue weighted by Gasteiger charge is -2.34. The van der Waals surface area contributed by atoms with Crippen molar-refractivity contribution in [1.82, 2.24) is 9.80 Å². The van der Waals surface area contributed by atoms with Crippen LogP contribution in [0.4, 0.5) is 4.39 Å². The van der Waals surface area contributed by atoms with E-state index in [0.717, 1.165) is 24.2 Å². The van der Waals surface area contributed by atoms with Gasteiger partial charge in [0.1, 0.15) is 17.3 Å². The van der Waals surface area contributed by atoms with Gasteiger partial charge in [0.25, 0.3) is 5.91 Å². The van der Waals surface area contributed by atoms with Gasteiger partial charge in [-0.15, -0.1) is 0 Å². The summed E-state index contributed by atoms with van der Waals surface area (Å²) in [7, 11) is 1.59. The molecule has 1 amide bonds. The average molecular weight is 386 g/mol. The highest BCUT2D eigenvalue weighted by Crippen LogP contribution is 2.22. The van der Waals surface area contributed by atoms with Crippen LogP contribution in [0.1, 0.15) is 16.7 Å². The molecular weight excluding hydrogens is 359 g/mol. The maximum absolute atomic E-state index is 13.5. The minimum Gasteiger partial charge on any atom is -0.496 e. The van der Waals surface area contributed by atoms with E-state index in [9.17, 15) is 9.18 Å². The number of nitrogens with zero attached hydrogens (tertiary/aromatic N) is 2. The number of halogens is 1. The molecule has 1 aliphatic heterocycles. The highest BCUT2D eigenvalue weighted by atomic mass is 19.1. The molecule has 0 saturated carbocycles. The standard InChI is InChI=1S/C22H27FN2O3/c1-16-4-6-20(12-17(16)2)28-15-22(26)25-10-8-24(9-11-25)14-18-13-19(23)5-7-21(18)27-3/h4-7,12-13H,8-11,14-15H2,1-3H3. The second kappa shape index (κ2) is 9.06. The molecule has 2 aromatic rings. The molecule has 0 radical (unpaired) electrons. The molecule has 5 nitrogen and oxygen atoms in total. The van der Waals surface area contributed by atoms with Crippen molar-refractivity contribution in [1.29, 1.82) is 0 Å². The smallest absolute Gasteiger partial charge is 0.260 e. The quantitative estimate of drug-likeness (QED) is 0.765. The number of piperazine rings is 1. The number of amides is 1. The molecule has 0 bridgehead atoms. The van der Waals surface area contributed by atoms with Crippen molar-refractivity contribution in [3.05, 3.63) is 58.9 Å². The first-order valence-electron chi connectivity index (χ1n) is 9.49. The van der Waals surface area contributed by atoms with E-state index < -0.39 is 0 Å². The second-order valence-electron chi connectivity index (χ2n) is 7.15. The van der Waals surface area contributed by atoms with E-state index in [1.165, 1.54) is 17.7 Å². The van der Waals surface area contributed by atoms with Crippen molar-refractivity contribution < 1.29 is 18.7 Å². The lowest BCUT2D eigenvalue weighted by Crippen LogP contribution is -2.49. The van der Waals surface area contributed by atoms with Gasteiger partial charge in [0.2, 0.25) is 0 Å². The van der Waals surface area contributed by atoms with E-state index in [-0.39, 0.29) is 18.3 Å². The number of rotatable bonds is 6.